The van der Waals surface area contributed by atoms with E-state index in [4.69, 9.17) is 9.47 Å². The molecule has 0 spiro atoms. The highest BCUT2D eigenvalue weighted by Gasteiger charge is 2.29. The second-order valence-corrected chi connectivity index (χ2v) is 8.98. The SMILES string of the molecule is COc1ccc(N2CCCS2(=O)=O)cc1NC(=O)COc1ccc2ccccc2c1. The zero-order chi connectivity index (χ0) is 21.1. The molecular weight excluding hydrogens is 404 g/mol. The van der Waals surface area contributed by atoms with Crippen LogP contribution in [0, 0.1) is 0 Å². The lowest BCUT2D eigenvalue weighted by molar-refractivity contribution is -0.118. The van der Waals surface area contributed by atoms with Crippen molar-refractivity contribution in [1.29, 1.82) is 0 Å². The van der Waals surface area contributed by atoms with E-state index >= 15 is 0 Å². The zero-order valence-electron chi connectivity index (χ0n) is 16.5. The molecule has 0 atom stereocenters. The molecule has 0 aromatic heterocycles. The van der Waals surface area contributed by atoms with Gasteiger partial charge in [0, 0.05) is 6.54 Å². The molecule has 1 saturated heterocycles. The van der Waals surface area contributed by atoms with Gasteiger partial charge in [0.1, 0.15) is 11.5 Å². The van der Waals surface area contributed by atoms with E-state index in [1.54, 1.807) is 18.2 Å². The molecule has 0 aliphatic carbocycles. The molecule has 30 heavy (non-hydrogen) atoms. The van der Waals surface area contributed by atoms with E-state index < -0.39 is 10.0 Å². The van der Waals surface area contributed by atoms with Crippen LogP contribution in [0.5, 0.6) is 11.5 Å². The van der Waals surface area contributed by atoms with Crippen LogP contribution < -0.4 is 19.1 Å². The average molecular weight is 426 g/mol. The molecule has 1 N–H and O–H groups in total. The third-order valence-electron chi connectivity index (χ3n) is 4.94. The number of rotatable bonds is 6. The summed E-state index contributed by atoms with van der Waals surface area (Å²) >= 11 is 0. The Bertz CT molecular complexity index is 1190. The normalized spacial score (nSPS) is 15.2. The number of amides is 1. The van der Waals surface area contributed by atoms with E-state index in [0.29, 0.717) is 35.8 Å². The molecule has 4 rings (SSSR count). The summed E-state index contributed by atoms with van der Waals surface area (Å²) in [5.41, 5.74) is 0.892. The van der Waals surface area contributed by atoms with Gasteiger partial charge in [0.15, 0.2) is 6.61 Å². The lowest BCUT2D eigenvalue weighted by Crippen LogP contribution is -2.25. The van der Waals surface area contributed by atoms with Gasteiger partial charge in [0.2, 0.25) is 10.0 Å². The van der Waals surface area contributed by atoms with Crippen LogP contribution in [-0.4, -0.2) is 40.3 Å². The van der Waals surface area contributed by atoms with Crippen molar-refractivity contribution in [3.05, 3.63) is 60.7 Å². The highest BCUT2D eigenvalue weighted by Crippen LogP contribution is 2.32. The number of anilines is 2. The molecule has 3 aromatic rings. The van der Waals surface area contributed by atoms with E-state index in [9.17, 15) is 13.2 Å². The first-order valence-electron chi connectivity index (χ1n) is 9.56. The zero-order valence-corrected chi connectivity index (χ0v) is 17.3. The molecule has 1 fully saturated rings. The number of sulfonamides is 1. The Labute approximate surface area is 175 Å². The van der Waals surface area contributed by atoms with Crippen molar-refractivity contribution in [3.63, 3.8) is 0 Å². The van der Waals surface area contributed by atoms with Crippen LogP contribution in [0.1, 0.15) is 6.42 Å². The van der Waals surface area contributed by atoms with Gasteiger partial charge < -0.3 is 14.8 Å². The molecule has 8 heteroatoms. The number of benzene rings is 3. The predicted molar refractivity (Wildman–Crippen MR) is 117 cm³/mol. The summed E-state index contributed by atoms with van der Waals surface area (Å²) in [5, 5.41) is 4.86. The summed E-state index contributed by atoms with van der Waals surface area (Å²) < 4.78 is 36.7. The Hall–Kier alpha value is -3.26. The third kappa shape index (κ3) is 4.18. The second kappa shape index (κ2) is 8.23. The smallest absolute Gasteiger partial charge is 0.262 e. The second-order valence-electron chi connectivity index (χ2n) is 6.97. The van der Waals surface area contributed by atoms with Crippen LogP contribution >= 0.6 is 0 Å². The van der Waals surface area contributed by atoms with Crippen molar-refractivity contribution in [2.75, 3.05) is 35.6 Å². The largest absolute Gasteiger partial charge is 0.495 e. The van der Waals surface area contributed by atoms with Crippen molar-refractivity contribution in [1.82, 2.24) is 0 Å². The average Bonchev–Trinajstić information content (AvgIpc) is 3.11. The fraction of sp³-hybridized carbons (Fsp3) is 0.227. The van der Waals surface area contributed by atoms with E-state index in [-0.39, 0.29) is 18.3 Å². The minimum atomic E-state index is -3.31. The monoisotopic (exact) mass is 426 g/mol. The van der Waals surface area contributed by atoms with Crippen LogP contribution in [0.2, 0.25) is 0 Å². The summed E-state index contributed by atoms with van der Waals surface area (Å²) in [6.07, 6.45) is 0.579. The molecule has 0 unspecified atom stereocenters. The fourth-order valence-corrected chi connectivity index (χ4v) is 5.03. The van der Waals surface area contributed by atoms with Gasteiger partial charge in [-0.25, -0.2) is 8.42 Å². The number of methoxy groups -OCH3 is 1. The molecular formula is C22H22N2O5S. The summed E-state index contributed by atoms with van der Waals surface area (Å²) in [6.45, 7) is 0.237. The Balaban J connectivity index is 1.47. The maximum absolute atomic E-state index is 12.5. The number of carbonyl (C=O) groups excluding carboxylic acids is 1. The topological polar surface area (TPSA) is 84.9 Å². The molecule has 1 amide bonds. The number of nitrogens with zero attached hydrogens (tertiary/aromatic N) is 1. The van der Waals surface area contributed by atoms with Crippen molar-refractivity contribution in [2.24, 2.45) is 0 Å². The lowest BCUT2D eigenvalue weighted by Gasteiger charge is -2.19. The predicted octanol–water partition coefficient (Wildman–Crippen LogP) is 3.41. The Morgan fingerprint density at radius 3 is 2.60 bits per heavy atom. The van der Waals surface area contributed by atoms with Crippen molar-refractivity contribution in [3.8, 4) is 11.5 Å². The third-order valence-corrected chi connectivity index (χ3v) is 6.80. The van der Waals surface area contributed by atoms with E-state index in [2.05, 4.69) is 5.32 Å². The number of nitrogens with one attached hydrogen (secondary N) is 1. The minimum Gasteiger partial charge on any atom is -0.495 e. The molecule has 0 saturated carbocycles. The Morgan fingerprint density at radius 2 is 1.87 bits per heavy atom. The van der Waals surface area contributed by atoms with Crippen LogP contribution in [-0.2, 0) is 14.8 Å². The number of fused-ring (bicyclic) bond motifs is 1. The first kappa shape index (κ1) is 20.0. The van der Waals surface area contributed by atoms with Gasteiger partial charge in [-0.3, -0.25) is 9.10 Å². The summed E-state index contributed by atoms with van der Waals surface area (Å²) in [7, 11) is -1.83. The highest BCUT2D eigenvalue weighted by molar-refractivity contribution is 7.93. The summed E-state index contributed by atoms with van der Waals surface area (Å²) in [4.78, 5) is 12.5. The van der Waals surface area contributed by atoms with Gasteiger partial charge in [-0.15, -0.1) is 0 Å². The fourth-order valence-electron chi connectivity index (χ4n) is 3.47. The van der Waals surface area contributed by atoms with Gasteiger partial charge in [0.05, 0.1) is 24.2 Å². The standard InChI is InChI=1S/C22H22N2O5S/c1-28-21-10-8-18(24-11-4-12-30(24,26)27)14-20(21)23-22(25)15-29-19-9-7-16-5-2-3-6-17(16)13-19/h2-3,5-10,13-14H,4,11-12,15H2,1H3,(H,23,25). The van der Waals surface area contributed by atoms with Crippen LogP contribution in [0.4, 0.5) is 11.4 Å². The number of ether oxygens (including phenoxy) is 2. The maximum atomic E-state index is 12.5. The van der Waals surface area contributed by atoms with E-state index in [1.165, 1.54) is 11.4 Å². The first-order chi connectivity index (χ1) is 14.5. The van der Waals surface area contributed by atoms with Gasteiger partial charge >= 0.3 is 0 Å². The minimum absolute atomic E-state index is 0.125. The molecule has 1 aliphatic rings. The number of carbonyl (C=O) groups is 1. The van der Waals surface area contributed by atoms with Gasteiger partial charge in [-0.2, -0.15) is 0 Å². The van der Waals surface area contributed by atoms with Crippen LogP contribution in [0.3, 0.4) is 0 Å². The van der Waals surface area contributed by atoms with Crippen LogP contribution in [0.25, 0.3) is 10.8 Å². The molecule has 3 aromatic carbocycles. The van der Waals surface area contributed by atoms with Gasteiger partial charge in [-0.05, 0) is 47.5 Å². The summed E-state index contributed by atoms with van der Waals surface area (Å²) in [6, 6.07) is 18.4. The Morgan fingerprint density at radius 1 is 1.07 bits per heavy atom. The number of hydrogen-bond acceptors (Lipinski definition) is 5. The van der Waals surface area contributed by atoms with E-state index in [1.807, 2.05) is 42.5 Å². The van der Waals surface area contributed by atoms with Gasteiger partial charge in [-0.1, -0.05) is 30.3 Å². The van der Waals surface area contributed by atoms with Crippen molar-refractivity contribution < 1.29 is 22.7 Å². The Kier molecular flexibility index (Phi) is 5.50. The first-order valence-corrected chi connectivity index (χ1v) is 11.2. The molecule has 0 radical (unpaired) electrons. The number of hydrogen-bond donors (Lipinski definition) is 1. The highest BCUT2D eigenvalue weighted by atomic mass is 32.2. The van der Waals surface area contributed by atoms with Gasteiger partial charge in [0.25, 0.3) is 5.91 Å². The van der Waals surface area contributed by atoms with E-state index in [0.717, 1.165) is 10.8 Å². The molecule has 0 bridgehead atoms. The summed E-state index contributed by atoms with van der Waals surface area (Å²) in [5.74, 6) is 0.783. The molecule has 1 heterocycles. The quantitative estimate of drug-likeness (QED) is 0.653. The molecule has 156 valence electrons. The molecule has 7 nitrogen and oxygen atoms in total. The van der Waals surface area contributed by atoms with Crippen molar-refractivity contribution in [2.45, 2.75) is 6.42 Å². The molecule has 1 aliphatic heterocycles. The maximum Gasteiger partial charge on any atom is 0.262 e. The van der Waals surface area contributed by atoms with Crippen LogP contribution in [0.15, 0.2) is 60.7 Å². The van der Waals surface area contributed by atoms with Crippen molar-refractivity contribution >= 4 is 38.1 Å². The lowest BCUT2D eigenvalue weighted by atomic mass is 10.1.